The SMILES string of the molecule is CNC(=O)C1CCCN(CCn2cc(C(=O)NN)nn2)C1. The summed E-state index contributed by atoms with van der Waals surface area (Å²) < 4.78 is 1.61. The van der Waals surface area contributed by atoms with E-state index in [4.69, 9.17) is 5.84 Å². The zero-order valence-electron chi connectivity index (χ0n) is 12.1. The Balaban J connectivity index is 1.83. The summed E-state index contributed by atoms with van der Waals surface area (Å²) in [6.45, 7) is 3.11. The van der Waals surface area contributed by atoms with E-state index in [-0.39, 0.29) is 17.5 Å². The number of nitrogens with two attached hydrogens (primary N) is 1. The van der Waals surface area contributed by atoms with Crippen LogP contribution in [0.15, 0.2) is 6.20 Å². The Labute approximate surface area is 122 Å². The van der Waals surface area contributed by atoms with Crippen LogP contribution in [0, 0.1) is 5.92 Å². The van der Waals surface area contributed by atoms with E-state index in [1.807, 2.05) is 5.43 Å². The highest BCUT2D eigenvalue weighted by atomic mass is 16.2. The van der Waals surface area contributed by atoms with E-state index < -0.39 is 5.91 Å². The van der Waals surface area contributed by atoms with Gasteiger partial charge in [-0.3, -0.25) is 19.7 Å². The first-order valence-electron chi connectivity index (χ1n) is 6.99. The zero-order valence-corrected chi connectivity index (χ0v) is 12.1. The molecule has 1 unspecified atom stereocenters. The molecule has 1 aliphatic heterocycles. The van der Waals surface area contributed by atoms with Gasteiger partial charge in [0, 0.05) is 20.1 Å². The van der Waals surface area contributed by atoms with Crippen LogP contribution in [0.3, 0.4) is 0 Å². The summed E-state index contributed by atoms with van der Waals surface area (Å²) in [5.74, 6) is 4.73. The van der Waals surface area contributed by atoms with Gasteiger partial charge in [-0.1, -0.05) is 5.21 Å². The number of nitrogens with one attached hydrogen (secondary N) is 2. The van der Waals surface area contributed by atoms with Crippen molar-refractivity contribution in [3.05, 3.63) is 11.9 Å². The highest BCUT2D eigenvalue weighted by Gasteiger charge is 2.24. The van der Waals surface area contributed by atoms with Gasteiger partial charge in [-0.15, -0.1) is 5.10 Å². The summed E-state index contributed by atoms with van der Waals surface area (Å²) in [4.78, 5) is 25.2. The van der Waals surface area contributed by atoms with Gasteiger partial charge in [0.25, 0.3) is 5.91 Å². The quantitative estimate of drug-likeness (QED) is 0.340. The summed E-state index contributed by atoms with van der Waals surface area (Å²) in [6, 6.07) is 0. The summed E-state index contributed by atoms with van der Waals surface area (Å²) >= 11 is 0. The van der Waals surface area contributed by atoms with E-state index in [9.17, 15) is 9.59 Å². The van der Waals surface area contributed by atoms with Gasteiger partial charge in [-0.2, -0.15) is 0 Å². The fourth-order valence-corrected chi connectivity index (χ4v) is 2.51. The summed E-state index contributed by atoms with van der Waals surface area (Å²) in [7, 11) is 1.67. The summed E-state index contributed by atoms with van der Waals surface area (Å²) in [5.41, 5.74) is 2.21. The molecule has 0 aromatic carbocycles. The second-order valence-corrected chi connectivity index (χ2v) is 5.09. The minimum absolute atomic E-state index is 0.0538. The van der Waals surface area contributed by atoms with Crippen molar-refractivity contribution in [2.24, 2.45) is 11.8 Å². The van der Waals surface area contributed by atoms with Gasteiger partial charge in [-0.05, 0) is 19.4 Å². The van der Waals surface area contributed by atoms with E-state index in [2.05, 4.69) is 20.5 Å². The second kappa shape index (κ2) is 7.14. The van der Waals surface area contributed by atoms with Crippen molar-refractivity contribution < 1.29 is 9.59 Å². The molecule has 21 heavy (non-hydrogen) atoms. The standard InChI is InChI=1S/C12H21N7O2/c1-14-11(20)9-3-2-4-18(7-9)5-6-19-8-10(16-17-19)12(21)15-13/h8-9H,2-7,13H2,1H3,(H,14,20)(H,15,21). The van der Waals surface area contributed by atoms with Gasteiger partial charge < -0.3 is 10.2 Å². The predicted octanol–water partition coefficient (Wildman–Crippen LogP) is -1.66. The molecule has 2 amide bonds. The van der Waals surface area contributed by atoms with Crippen LogP contribution in [0.1, 0.15) is 23.3 Å². The monoisotopic (exact) mass is 295 g/mol. The van der Waals surface area contributed by atoms with E-state index in [0.29, 0.717) is 6.54 Å². The van der Waals surface area contributed by atoms with Crippen LogP contribution < -0.4 is 16.6 Å². The molecule has 1 fully saturated rings. The van der Waals surface area contributed by atoms with Crippen molar-refractivity contribution >= 4 is 11.8 Å². The molecule has 1 aromatic heterocycles. The lowest BCUT2D eigenvalue weighted by atomic mass is 9.97. The van der Waals surface area contributed by atoms with Gasteiger partial charge in [0.1, 0.15) is 0 Å². The third kappa shape index (κ3) is 3.99. The van der Waals surface area contributed by atoms with E-state index in [1.165, 1.54) is 0 Å². The van der Waals surface area contributed by atoms with Crippen molar-refractivity contribution in [3.8, 4) is 0 Å². The Kier molecular flexibility index (Phi) is 5.23. The highest BCUT2D eigenvalue weighted by Crippen LogP contribution is 2.16. The van der Waals surface area contributed by atoms with Crippen LogP contribution >= 0.6 is 0 Å². The first-order valence-corrected chi connectivity index (χ1v) is 6.99. The van der Waals surface area contributed by atoms with Crippen molar-refractivity contribution in [2.45, 2.75) is 19.4 Å². The largest absolute Gasteiger partial charge is 0.359 e. The number of aromatic nitrogens is 3. The van der Waals surface area contributed by atoms with Gasteiger partial charge in [-0.25, -0.2) is 5.84 Å². The maximum atomic E-state index is 11.7. The molecule has 116 valence electrons. The lowest BCUT2D eigenvalue weighted by molar-refractivity contribution is -0.126. The van der Waals surface area contributed by atoms with Gasteiger partial charge in [0.2, 0.25) is 5.91 Å². The molecule has 2 heterocycles. The third-order valence-electron chi connectivity index (χ3n) is 3.67. The average Bonchev–Trinajstić information content (AvgIpc) is 3.00. The number of carbonyl (C=O) groups excluding carboxylic acids is 2. The first-order chi connectivity index (χ1) is 10.1. The van der Waals surface area contributed by atoms with E-state index in [1.54, 1.807) is 17.9 Å². The van der Waals surface area contributed by atoms with Crippen molar-refractivity contribution in [3.63, 3.8) is 0 Å². The normalized spacial score (nSPS) is 19.2. The molecule has 4 N–H and O–H groups in total. The van der Waals surface area contributed by atoms with Crippen LogP contribution in [0.2, 0.25) is 0 Å². The molecule has 1 aliphatic rings. The zero-order chi connectivity index (χ0) is 15.2. The van der Waals surface area contributed by atoms with Crippen LogP contribution in [-0.2, 0) is 11.3 Å². The molecule has 0 radical (unpaired) electrons. The Morgan fingerprint density at radius 1 is 1.48 bits per heavy atom. The highest BCUT2D eigenvalue weighted by molar-refractivity contribution is 5.91. The Morgan fingerprint density at radius 3 is 3.00 bits per heavy atom. The van der Waals surface area contributed by atoms with Crippen LogP contribution in [0.4, 0.5) is 0 Å². The molecule has 9 nitrogen and oxygen atoms in total. The first kappa shape index (κ1) is 15.4. The molecule has 1 saturated heterocycles. The Morgan fingerprint density at radius 2 is 2.29 bits per heavy atom. The molecule has 1 aromatic rings. The second-order valence-electron chi connectivity index (χ2n) is 5.09. The molecule has 9 heteroatoms. The van der Waals surface area contributed by atoms with Crippen LogP contribution in [0.25, 0.3) is 0 Å². The van der Waals surface area contributed by atoms with Gasteiger partial charge >= 0.3 is 0 Å². The minimum Gasteiger partial charge on any atom is -0.359 e. The molecule has 0 spiro atoms. The maximum absolute atomic E-state index is 11.7. The number of nitrogen functional groups attached to an aromatic ring is 1. The fourth-order valence-electron chi connectivity index (χ4n) is 2.51. The molecular formula is C12H21N7O2. The number of rotatable bonds is 5. The maximum Gasteiger partial charge on any atom is 0.287 e. The number of hydrogen-bond donors (Lipinski definition) is 3. The summed E-state index contributed by atoms with van der Waals surface area (Å²) in [6.07, 6.45) is 3.50. The number of hydrogen-bond acceptors (Lipinski definition) is 6. The Bertz CT molecular complexity index is 502. The van der Waals surface area contributed by atoms with Crippen molar-refractivity contribution in [1.82, 2.24) is 30.6 Å². The van der Waals surface area contributed by atoms with Gasteiger partial charge in [0.05, 0.1) is 18.7 Å². The van der Waals surface area contributed by atoms with Crippen molar-refractivity contribution in [2.75, 3.05) is 26.7 Å². The molecular weight excluding hydrogens is 274 g/mol. The molecule has 0 saturated carbocycles. The lowest BCUT2D eigenvalue weighted by Gasteiger charge is -2.31. The smallest absolute Gasteiger partial charge is 0.287 e. The lowest BCUT2D eigenvalue weighted by Crippen LogP contribution is -2.43. The number of amides is 2. The van der Waals surface area contributed by atoms with Crippen LogP contribution in [-0.4, -0.2) is 58.4 Å². The summed E-state index contributed by atoms with van der Waals surface area (Å²) in [5, 5.41) is 10.3. The van der Waals surface area contributed by atoms with Crippen molar-refractivity contribution in [1.29, 1.82) is 0 Å². The minimum atomic E-state index is -0.459. The topological polar surface area (TPSA) is 118 Å². The number of piperidine rings is 1. The van der Waals surface area contributed by atoms with E-state index in [0.717, 1.165) is 32.5 Å². The third-order valence-corrected chi connectivity index (χ3v) is 3.67. The number of nitrogens with zero attached hydrogens (tertiary/aromatic N) is 4. The predicted molar refractivity (Wildman–Crippen MR) is 74.9 cm³/mol. The Hall–Kier alpha value is -2.00. The van der Waals surface area contributed by atoms with E-state index >= 15 is 0 Å². The molecule has 2 rings (SSSR count). The molecule has 0 bridgehead atoms. The fraction of sp³-hybridized carbons (Fsp3) is 0.667. The van der Waals surface area contributed by atoms with Crippen LogP contribution in [0.5, 0.6) is 0 Å². The number of carbonyl (C=O) groups is 2. The molecule has 1 atom stereocenters. The number of likely N-dealkylation sites (tertiary alicyclic amines) is 1. The number of hydrazine groups is 1. The molecule has 0 aliphatic carbocycles. The van der Waals surface area contributed by atoms with Gasteiger partial charge in [0.15, 0.2) is 5.69 Å². The average molecular weight is 295 g/mol.